The Labute approximate surface area is 178 Å². The molecule has 0 saturated heterocycles. The smallest absolute Gasteiger partial charge is 0.337 e. The summed E-state index contributed by atoms with van der Waals surface area (Å²) in [4.78, 5) is 30.6. The summed E-state index contributed by atoms with van der Waals surface area (Å²) in [5, 5.41) is 5.76. The third-order valence-electron chi connectivity index (χ3n) is 4.85. The number of carbonyl (C=O) groups excluding carboxylic acids is 2. The molecule has 0 unspecified atom stereocenters. The molecule has 0 radical (unpaired) electrons. The maximum absolute atomic E-state index is 12.8. The van der Waals surface area contributed by atoms with Crippen molar-refractivity contribution < 1.29 is 19.1 Å². The SMILES string of the molecule is COC(=O)c1ccc2c(c1)NC(=O)N(c1cc(OCc3nc(C)cs3)ccc1C)C2. The summed E-state index contributed by atoms with van der Waals surface area (Å²) in [5.41, 5.74) is 4.62. The van der Waals surface area contributed by atoms with Crippen LogP contribution in [0.15, 0.2) is 41.8 Å². The molecule has 2 amide bonds. The van der Waals surface area contributed by atoms with E-state index < -0.39 is 5.97 Å². The Morgan fingerprint density at radius 3 is 2.80 bits per heavy atom. The van der Waals surface area contributed by atoms with E-state index in [1.807, 2.05) is 43.5 Å². The number of urea groups is 1. The topological polar surface area (TPSA) is 80.8 Å². The van der Waals surface area contributed by atoms with Gasteiger partial charge >= 0.3 is 12.0 Å². The lowest BCUT2D eigenvalue weighted by atomic mass is 10.1. The number of esters is 1. The van der Waals surface area contributed by atoms with Crippen LogP contribution in [0, 0.1) is 13.8 Å². The minimum atomic E-state index is -0.439. The zero-order valence-corrected chi connectivity index (χ0v) is 17.7. The summed E-state index contributed by atoms with van der Waals surface area (Å²) in [6.45, 7) is 4.67. The van der Waals surface area contributed by atoms with Crippen LogP contribution >= 0.6 is 11.3 Å². The highest BCUT2D eigenvalue weighted by molar-refractivity contribution is 7.09. The average molecular weight is 423 g/mol. The van der Waals surface area contributed by atoms with Gasteiger partial charge in [0.2, 0.25) is 0 Å². The molecule has 2 heterocycles. The van der Waals surface area contributed by atoms with E-state index in [1.165, 1.54) is 7.11 Å². The van der Waals surface area contributed by atoms with Crippen molar-refractivity contribution in [2.75, 3.05) is 17.3 Å². The van der Waals surface area contributed by atoms with Crippen LogP contribution in [0.25, 0.3) is 0 Å². The second-order valence-corrected chi connectivity index (χ2v) is 7.94. The molecular formula is C22H21N3O4S. The fraction of sp³-hybridized carbons (Fsp3) is 0.227. The fourth-order valence-electron chi connectivity index (χ4n) is 3.28. The molecule has 30 heavy (non-hydrogen) atoms. The van der Waals surface area contributed by atoms with Crippen molar-refractivity contribution in [2.45, 2.75) is 27.0 Å². The molecular weight excluding hydrogens is 402 g/mol. The number of methoxy groups -OCH3 is 1. The number of thiazole rings is 1. The predicted molar refractivity (Wildman–Crippen MR) is 115 cm³/mol. The molecule has 0 fully saturated rings. The first-order valence-electron chi connectivity index (χ1n) is 9.39. The molecule has 3 aromatic rings. The van der Waals surface area contributed by atoms with Crippen LogP contribution in [0.2, 0.25) is 0 Å². The third-order valence-corrected chi connectivity index (χ3v) is 5.79. The van der Waals surface area contributed by atoms with E-state index in [9.17, 15) is 9.59 Å². The number of ether oxygens (including phenoxy) is 2. The number of hydrogen-bond acceptors (Lipinski definition) is 6. The number of aromatic nitrogens is 1. The van der Waals surface area contributed by atoms with Crippen molar-refractivity contribution in [2.24, 2.45) is 0 Å². The number of fused-ring (bicyclic) bond motifs is 1. The number of anilines is 2. The number of hydrogen-bond donors (Lipinski definition) is 1. The zero-order valence-electron chi connectivity index (χ0n) is 16.9. The van der Waals surface area contributed by atoms with E-state index in [1.54, 1.807) is 28.4 Å². The van der Waals surface area contributed by atoms with Crippen LogP contribution < -0.4 is 15.0 Å². The highest BCUT2D eigenvalue weighted by atomic mass is 32.1. The van der Waals surface area contributed by atoms with Gasteiger partial charge < -0.3 is 14.8 Å². The Balaban J connectivity index is 1.56. The van der Waals surface area contributed by atoms with Crippen LogP contribution in [0.3, 0.4) is 0 Å². The number of nitrogens with one attached hydrogen (secondary N) is 1. The van der Waals surface area contributed by atoms with Crippen molar-refractivity contribution in [1.29, 1.82) is 0 Å². The average Bonchev–Trinajstić information content (AvgIpc) is 3.17. The molecule has 2 aromatic carbocycles. The summed E-state index contributed by atoms with van der Waals surface area (Å²) in [5.74, 6) is 0.230. The second-order valence-electron chi connectivity index (χ2n) is 7.00. The van der Waals surface area contributed by atoms with Crippen molar-refractivity contribution in [3.63, 3.8) is 0 Å². The molecule has 0 aliphatic carbocycles. The van der Waals surface area contributed by atoms with E-state index in [0.717, 1.165) is 27.5 Å². The molecule has 0 saturated carbocycles. The number of nitrogens with zero attached hydrogens (tertiary/aromatic N) is 2. The molecule has 0 bridgehead atoms. The maximum Gasteiger partial charge on any atom is 0.337 e. The first-order chi connectivity index (χ1) is 14.4. The predicted octanol–water partition coefficient (Wildman–Crippen LogP) is 4.68. The van der Waals surface area contributed by atoms with E-state index >= 15 is 0 Å². The number of aryl methyl sites for hydroxylation is 2. The van der Waals surface area contributed by atoms with Crippen LogP contribution in [-0.2, 0) is 17.9 Å². The lowest BCUT2D eigenvalue weighted by molar-refractivity contribution is 0.0600. The molecule has 1 aromatic heterocycles. The van der Waals surface area contributed by atoms with Gasteiger partial charge in [0.05, 0.1) is 24.9 Å². The summed E-state index contributed by atoms with van der Waals surface area (Å²) in [7, 11) is 1.33. The van der Waals surface area contributed by atoms with Gasteiger partial charge in [0.25, 0.3) is 0 Å². The summed E-state index contributed by atoms with van der Waals surface area (Å²) < 4.78 is 10.6. The third kappa shape index (κ3) is 3.99. The molecule has 7 nitrogen and oxygen atoms in total. The first-order valence-corrected chi connectivity index (χ1v) is 10.3. The van der Waals surface area contributed by atoms with Crippen LogP contribution in [0.4, 0.5) is 16.2 Å². The van der Waals surface area contributed by atoms with Gasteiger partial charge in [-0.15, -0.1) is 11.3 Å². The lowest BCUT2D eigenvalue weighted by Gasteiger charge is -2.31. The van der Waals surface area contributed by atoms with Gasteiger partial charge in [-0.25, -0.2) is 14.6 Å². The monoisotopic (exact) mass is 423 g/mol. The minimum Gasteiger partial charge on any atom is -0.486 e. The first kappa shape index (κ1) is 19.9. The van der Waals surface area contributed by atoms with E-state index in [-0.39, 0.29) is 6.03 Å². The summed E-state index contributed by atoms with van der Waals surface area (Å²) >= 11 is 1.56. The van der Waals surface area contributed by atoms with Gasteiger partial charge in [-0.05, 0) is 43.2 Å². The Bertz CT molecular complexity index is 1130. The quantitative estimate of drug-likeness (QED) is 0.603. The number of amides is 2. The van der Waals surface area contributed by atoms with E-state index in [0.29, 0.717) is 30.2 Å². The highest BCUT2D eigenvalue weighted by Crippen LogP contribution is 2.33. The van der Waals surface area contributed by atoms with E-state index in [4.69, 9.17) is 9.47 Å². The lowest BCUT2D eigenvalue weighted by Crippen LogP contribution is -2.39. The van der Waals surface area contributed by atoms with Gasteiger partial charge in [-0.1, -0.05) is 12.1 Å². The van der Waals surface area contributed by atoms with Gasteiger partial charge in [-0.3, -0.25) is 4.90 Å². The van der Waals surface area contributed by atoms with E-state index in [2.05, 4.69) is 10.3 Å². The highest BCUT2D eigenvalue weighted by Gasteiger charge is 2.26. The van der Waals surface area contributed by atoms with Crippen molar-refractivity contribution in [3.8, 4) is 5.75 Å². The Morgan fingerprint density at radius 1 is 1.23 bits per heavy atom. The second kappa shape index (κ2) is 8.16. The standard InChI is InChI=1S/C22H21N3O4S/c1-13-4-7-17(29-11-20-23-14(2)12-30-20)9-19(13)25-10-16-6-5-15(21(26)28-3)8-18(16)24-22(25)27/h4-9,12H,10-11H2,1-3H3,(H,24,27). The molecule has 0 spiro atoms. The van der Waals surface area contributed by atoms with Crippen molar-refractivity contribution >= 4 is 34.7 Å². The summed E-state index contributed by atoms with van der Waals surface area (Å²) in [6, 6.07) is 10.6. The fourth-order valence-corrected chi connectivity index (χ4v) is 3.96. The number of carbonyl (C=O) groups is 2. The van der Waals surface area contributed by atoms with Crippen LogP contribution in [-0.4, -0.2) is 24.1 Å². The molecule has 1 N–H and O–H groups in total. The van der Waals surface area contributed by atoms with Gasteiger partial charge in [-0.2, -0.15) is 0 Å². The molecule has 1 aliphatic rings. The molecule has 1 aliphatic heterocycles. The van der Waals surface area contributed by atoms with Gasteiger partial charge in [0.1, 0.15) is 17.4 Å². The maximum atomic E-state index is 12.8. The normalized spacial score (nSPS) is 12.9. The molecule has 0 atom stereocenters. The Kier molecular flexibility index (Phi) is 5.41. The van der Waals surface area contributed by atoms with Crippen molar-refractivity contribution in [1.82, 2.24) is 4.98 Å². The molecule has 8 heteroatoms. The summed E-state index contributed by atoms with van der Waals surface area (Å²) in [6.07, 6.45) is 0. The van der Waals surface area contributed by atoms with Crippen molar-refractivity contribution in [3.05, 3.63) is 69.2 Å². The Morgan fingerprint density at radius 2 is 2.07 bits per heavy atom. The van der Waals surface area contributed by atoms with Crippen LogP contribution in [0.5, 0.6) is 5.75 Å². The number of benzene rings is 2. The van der Waals surface area contributed by atoms with Gasteiger partial charge in [0, 0.05) is 22.8 Å². The largest absolute Gasteiger partial charge is 0.486 e. The Hall–Kier alpha value is -3.39. The minimum absolute atomic E-state index is 0.264. The zero-order chi connectivity index (χ0) is 21.3. The van der Waals surface area contributed by atoms with Crippen LogP contribution in [0.1, 0.15) is 32.2 Å². The number of rotatable bonds is 5. The van der Waals surface area contributed by atoms with Gasteiger partial charge in [0.15, 0.2) is 0 Å². The molecule has 154 valence electrons. The molecule has 4 rings (SSSR count).